The molecule has 0 spiro atoms. The minimum atomic E-state index is -0.774. The first kappa shape index (κ1) is 5.76. The predicted octanol–water partition coefficient (Wildman–Crippen LogP) is -0.172. The van der Waals surface area contributed by atoms with Crippen molar-refractivity contribution >= 4 is 0 Å². The van der Waals surface area contributed by atoms with E-state index in [-0.39, 0.29) is 0 Å². The van der Waals surface area contributed by atoms with E-state index in [0.717, 1.165) is 0 Å². The van der Waals surface area contributed by atoms with Crippen molar-refractivity contribution in [2.24, 2.45) is 0 Å². The highest BCUT2D eigenvalue weighted by Crippen LogP contribution is 1.58. The third-order valence-electron chi connectivity index (χ3n) is 0.239. The molecule has 0 atom stereocenters. The second-order valence-electron chi connectivity index (χ2n) is 0.675. The second kappa shape index (κ2) is 2.97. The molecular formula is C3H3NO3. The molecule has 0 aliphatic carbocycles. The summed E-state index contributed by atoms with van der Waals surface area (Å²) >= 11 is 0. The van der Waals surface area contributed by atoms with Gasteiger partial charge in [-0.15, -0.1) is 0 Å². The van der Waals surface area contributed by atoms with Crippen LogP contribution in [-0.2, 0) is 4.74 Å². The van der Waals surface area contributed by atoms with Crippen LogP contribution >= 0.6 is 0 Å². The van der Waals surface area contributed by atoms with E-state index in [0.29, 0.717) is 0 Å². The summed E-state index contributed by atoms with van der Waals surface area (Å²) in [5.74, 6) is 0. The molecule has 4 heteroatoms. The molecular weight excluding hydrogens is 98.0 g/mol. The van der Waals surface area contributed by atoms with Crippen LogP contribution in [0, 0.1) is 22.3 Å². The fourth-order valence-electron chi connectivity index (χ4n) is 0.0829. The van der Waals surface area contributed by atoms with Crippen LogP contribution in [0.25, 0.3) is 0 Å². The summed E-state index contributed by atoms with van der Waals surface area (Å²) in [5.41, 5.74) is 0. The fraction of sp³-hybridized carbons (Fsp3) is 0.333. The fourth-order valence-corrected chi connectivity index (χ4v) is 0.0829. The van der Waals surface area contributed by atoms with Crippen LogP contribution in [0.1, 0.15) is 0 Å². The van der Waals surface area contributed by atoms with Gasteiger partial charge in [-0.2, -0.15) is 0 Å². The summed E-state index contributed by atoms with van der Waals surface area (Å²) in [6, 6.07) is 1.55. The van der Waals surface area contributed by atoms with Crippen molar-refractivity contribution in [1.29, 1.82) is 0 Å². The smallest absolute Gasteiger partial charge is 0.334 e. The molecule has 0 heterocycles. The van der Waals surface area contributed by atoms with Gasteiger partial charge in [0.2, 0.25) is 0 Å². The SMILES string of the molecule is COC#C[N+](=O)[O-]. The molecule has 0 N–H and O–H groups in total. The van der Waals surface area contributed by atoms with Crippen LogP contribution in [0.4, 0.5) is 0 Å². The minimum absolute atomic E-state index is 0.774. The Balaban J connectivity index is 3.45. The Morgan fingerprint density at radius 2 is 2.43 bits per heavy atom. The highest BCUT2D eigenvalue weighted by atomic mass is 16.6. The van der Waals surface area contributed by atoms with Gasteiger partial charge in [0.25, 0.3) is 0 Å². The van der Waals surface area contributed by atoms with Gasteiger partial charge in [0.1, 0.15) is 4.92 Å². The van der Waals surface area contributed by atoms with Crippen LogP contribution in [0.2, 0.25) is 0 Å². The number of hydrogen-bond acceptors (Lipinski definition) is 3. The molecule has 0 unspecified atom stereocenters. The molecule has 0 aromatic carbocycles. The van der Waals surface area contributed by atoms with Gasteiger partial charge in [-0.25, -0.2) is 10.1 Å². The normalized spacial score (nSPS) is 5.86. The number of nitro groups is 1. The van der Waals surface area contributed by atoms with Crippen LogP contribution in [0.15, 0.2) is 0 Å². The first-order valence-corrected chi connectivity index (χ1v) is 1.45. The molecule has 0 aromatic rings. The van der Waals surface area contributed by atoms with Crippen molar-refractivity contribution < 1.29 is 9.66 Å². The zero-order chi connectivity index (χ0) is 5.70. The van der Waals surface area contributed by atoms with Gasteiger partial charge in [0.15, 0.2) is 6.11 Å². The Morgan fingerprint density at radius 1 is 1.86 bits per heavy atom. The Bertz CT molecular complexity index is 120. The maximum absolute atomic E-state index is 9.31. The van der Waals surface area contributed by atoms with E-state index >= 15 is 0 Å². The van der Waals surface area contributed by atoms with E-state index in [1.54, 1.807) is 12.2 Å². The third-order valence-corrected chi connectivity index (χ3v) is 0.239. The highest BCUT2D eigenvalue weighted by Gasteiger charge is 1.78. The van der Waals surface area contributed by atoms with Crippen LogP contribution in [0.3, 0.4) is 0 Å². The van der Waals surface area contributed by atoms with Crippen molar-refractivity contribution in [2.75, 3.05) is 7.11 Å². The molecule has 0 saturated carbocycles. The lowest BCUT2D eigenvalue weighted by Gasteiger charge is -1.70. The van der Waals surface area contributed by atoms with Gasteiger partial charge in [-0.1, -0.05) is 0 Å². The van der Waals surface area contributed by atoms with E-state index in [1.165, 1.54) is 7.11 Å². The molecule has 0 bridgehead atoms. The predicted molar refractivity (Wildman–Crippen MR) is 21.8 cm³/mol. The summed E-state index contributed by atoms with van der Waals surface area (Å²) < 4.78 is 4.05. The standard InChI is InChI=1S/C3H3NO3/c1-7-3-2-4(5)6/h1H3. The first-order valence-electron chi connectivity index (χ1n) is 1.45. The molecule has 0 fully saturated rings. The lowest BCUT2D eigenvalue weighted by Crippen LogP contribution is -1.82. The number of hydrogen-bond donors (Lipinski definition) is 0. The molecule has 7 heavy (non-hydrogen) atoms. The summed E-state index contributed by atoms with van der Waals surface area (Å²) in [6.45, 7) is 0. The second-order valence-corrected chi connectivity index (χ2v) is 0.675. The molecule has 0 rings (SSSR count). The minimum Gasteiger partial charge on any atom is -0.446 e. The average Bonchev–Trinajstić information content (AvgIpc) is 1.61. The summed E-state index contributed by atoms with van der Waals surface area (Å²) in [4.78, 5) is 8.54. The molecule has 0 aliphatic heterocycles. The van der Waals surface area contributed by atoms with Gasteiger partial charge in [-0.3, -0.25) is 0 Å². The number of nitrogens with zero attached hydrogens (tertiary/aromatic N) is 1. The monoisotopic (exact) mass is 101 g/mol. The zero-order valence-corrected chi connectivity index (χ0v) is 3.67. The van der Waals surface area contributed by atoms with Gasteiger partial charge in [0, 0.05) is 0 Å². The number of methoxy groups -OCH3 is 1. The third kappa shape index (κ3) is 4.76. The maximum Gasteiger partial charge on any atom is 0.334 e. The van der Waals surface area contributed by atoms with Crippen LogP contribution < -0.4 is 0 Å². The van der Waals surface area contributed by atoms with Crippen LogP contribution in [0.5, 0.6) is 0 Å². The van der Waals surface area contributed by atoms with Crippen molar-refractivity contribution in [3.05, 3.63) is 10.1 Å². The maximum atomic E-state index is 9.31. The molecule has 4 nitrogen and oxygen atoms in total. The first-order chi connectivity index (χ1) is 3.27. The van der Waals surface area contributed by atoms with Gasteiger partial charge in [-0.05, 0) is 0 Å². The largest absolute Gasteiger partial charge is 0.446 e. The molecule has 0 amide bonds. The van der Waals surface area contributed by atoms with Gasteiger partial charge >= 0.3 is 6.04 Å². The number of ether oxygens (including phenoxy) is 1. The van der Waals surface area contributed by atoms with E-state index in [1.807, 2.05) is 0 Å². The zero-order valence-electron chi connectivity index (χ0n) is 3.67. The van der Waals surface area contributed by atoms with E-state index < -0.39 is 4.92 Å². The van der Waals surface area contributed by atoms with E-state index in [2.05, 4.69) is 4.74 Å². The Labute approximate surface area is 40.2 Å². The Hall–Kier alpha value is -1.24. The molecule has 0 aliphatic rings. The molecule has 0 saturated heterocycles. The van der Waals surface area contributed by atoms with Crippen molar-refractivity contribution in [1.82, 2.24) is 0 Å². The lowest BCUT2D eigenvalue weighted by atomic mass is 11.1. The van der Waals surface area contributed by atoms with Crippen LogP contribution in [-0.4, -0.2) is 12.0 Å². The highest BCUT2D eigenvalue weighted by molar-refractivity contribution is 4.77. The number of rotatable bonds is 0. The molecule has 0 aromatic heterocycles. The molecule has 38 valence electrons. The van der Waals surface area contributed by atoms with Crippen molar-refractivity contribution in [3.8, 4) is 12.2 Å². The summed E-state index contributed by atoms with van der Waals surface area (Å²) in [5, 5.41) is 9.31. The summed E-state index contributed by atoms with van der Waals surface area (Å²) in [7, 11) is 1.26. The lowest BCUT2D eigenvalue weighted by molar-refractivity contribution is -0.379. The van der Waals surface area contributed by atoms with Gasteiger partial charge < -0.3 is 4.74 Å². The Kier molecular flexibility index (Phi) is 2.44. The van der Waals surface area contributed by atoms with Gasteiger partial charge in [0.05, 0.1) is 7.11 Å². The Morgan fingerprint density at radius 3 is 2.57 bits per heavy atom. The quantitative estimate of drug-likeness (QED) is 0.184. The van der Waals surface area contributed by atoms with Crippen molar-refractivity contribution in [2.45, 2.75) is 0 Å². The molecule has 0 radical (unpaired) electrons. The average molecular weight is 101 g/mol. The topological polar surface area (TPSA) is 52.4 Å². The van der Waals surface area contributed by atoms with E-state index in [4.69, 9.17) is 0 Å². The summed E-state index contributed by atoms with van der Waals surface area (Å²) in [6.07, 6.45) is 1.80. The van der Waals surface area contributed by atoms with E-state index in [9.17, 15) is 10.1 Å². The van der Waals surface area contributed by atoms with Crippen molar-refractivity contribution in [3.63, 3.8) is 0 Å².